The first kappa shape index (κ1) is 18.0. The molecule has 0 N–H and O–H groups in total. The summed E-state index contributed by atoms with van der Waals surface area (Å²) in [5, 5.41) is 0.689. The predicted molar refractivity (Wildman–Crippen MR) is 106 cm³/mol. The highest BCUT2D eigenvalue weighted by molar-refractivity contribution is 6.68. The van der Waals surface area contributed by atoms with Gasteiger partial charge in [-0.25, -0.2) is 0 Å². The molecule has 3 rings (SSSR count). The zero-order valence-electron chi connectivity index (χ0n) is 13.4. The number of benzene rings is 2. The number of halogens is 4. The van der Waals surface area contributed by atoms with Crippen molar-refractivity contribution in [3.05, 3.63) is 58.6 Å². The van der Waals surface area contributed by atoms with Gasteiger partial charge in [0.1, 0.15) is 0 Å². The van der Waals surface area contributed by atoms with Crippen LogP contribution in [0.25, 0.3) is 0 Å². The van der Waals surface area contributed by atoms with Crippen molar-refractivity contribution < 1.29 is 0 Å². The molecule has 24 heavy (non-hydrogen) atoms. The summed E-state index contributed by atoms with van der Waals surface area (Å²) in [7, 11) is 0. The van der Waals surface area contributed by atoms with Crippen LogP contribution in [0.1, 0.15) is 11.1 Å². The fourth-order valence-electron chi connectivity index (χ4n) is 3.27. The second-order valence-electron chi connectivity index (χ2n) is 6.12. The highest BCUT2D eigenvalue weighted by Gasteiger charge is 2.45. The van der Waals surface area contributed by atoms with Crippen molar-refractivity contribution in [3.63, 3.8) is 0 Å². The van der Waals surface area contributed by atoms with E-state index < -0.39 is 3.79 Å². The van der Waals surface area contributed by atoms with E-state index in [0.29, 0.717) is 5.02 Å². The number of hydrogen-bond donors (Lipinski definition) is 0. The molecule has 2 aromatic rings. The lowest BCUT2D eigenvalue weighted by atomic mass is 10.1. The van der Waals surface area contributed by atoms with Gasteiger partial charge in [0, 0.05) is 29.5 Å². The van der Waals surface area contributed by atoms with Gasteiger partial charge in [0.15, 0.2) is 6.17 Å². The van der Waals surface area contributed by atoms with Gasteiger partial charge in [-0.2, -0.15) is 0 Å². The molecule has 128 valence electrons. The van der Waals surface area contributed by atoms with Crippen molar-refractivity contribution in [2.45, 2.75) is 23.8 Å². The van der Waals surface area contributed by atoms with Crippen LogP contribution in [0, 0.1) is 13.8 Å². The topological polar surface area (TPSA) is 6.48 Å². The molecule has 1 aliphatic heterocycles. The second kappa shape index (κ2) is 6.84. The molecule has 1 aliphatic rings. The van der Waals surface area contributed by atoms with E-state index in [1.807, 2.05) is 24.3 Å². The molecule has 1 atom stereocenters. The SMILES string of the molecule is Cc1cc(C)cc(N2CCN(c3ccc(Cl)cc3)C2C(Cl)(Cl)Cl)c1. The monoisotopic (exact) mass is 402 g/mol. The lowest BCUT2D eigenvalue weighted by Gasteiger charge is -2.37. The quantitative estimate of drug-likeness (QED) is 0.569. The number of nitrogens with zero attached hydrogens (tertiary/aromatic N) is 2. The summed E-state index contributed by atoms with van der Waals surface area (Å²) in [5.41, 5.74) is 4.44. The van der Waals surface area contributed by atoms with Gasteiger partial charge in [0.25, 0.3) is 0 Å². The number of aryl methyl sites for hydroxylation is 2. The average Bonchev–Trinajstić information content (AvgIpc) is 2.92. The summed E-state index contributed by atoms with van der Waals surface area (Å²) in [6.45, 7) is 5.71. The van der Waals surface area contributed by atoms with Gasteiger partial charge in [-0.1, -0.05) is 52.5 Å². The van der Waals surface area contributed by atoms with Gasteiger partial charge < -0.3 is 9.80 Å². The molecule has 0 spiro atoms. The van der Waals surface area contributed by atoms with Gasteiger partial charge in [-0.3, -0.25) is 0 Å². The highest BCUT2D eigenvalue weighted by Crippen LogP contribution is 2.42. The summed E-state index contributed by atoms with van der Waals surface area (Å²) >= 11 is 25.1. The van der Waals surface area contributed by atoms with E-state index in [9.17, 15) is 0 Å². The van der Waals surface area contributed by atoms with Gasteiger partial charge in [-0.15, -0.1) is 0 Å². The lowest BCUT2D eigenvalue weighted by molar-refractivity contribution is 0.681. The third kappa shape index (κ3) is 3.72. The highest BCUT2D eigenvalue weighted by atomic mass is 35.6. The zero-order chi connectivity index (χ0) is 17.5. The predicted octanol–water partition coefficient (Wildman–Crippen LogP) is 5.98. The number of alkyl halides is 3. The van der Waals surface area contributed by atoms with E-state index in [0.717, 1.165) is 24.5 Å². The number of hydrogen-bond acceptors (Lipinski definition) is 2. The summed E-state index contributed by atoms with van der Waals surface area (Å²) in [6.07, 6.45) is -0.384. The molecule has 1 unspecified atom stereocenters. The Bertz CT molecular complexity index is 705. The molecular formula is C18H18Cl4N2. The van der Waals surface area contributed by atoms with Crippen molar-refractivity contribution in [1.82, 2.24) is 0 Å². The Morgan fingerprint density at radius 2 is 1.33 bits per heavy atom. The minimum absolute atomic E-state index is 0.384. The largest absolute Gasteiger partial charge is 0.346 e. The summed E-state index contributed by atoms with van der Waals surface area (Å²) in [4.78, 5) is 4.27. The molecule has 0 aliphatic carbocycles. The van der Waals surface area contributed by atoms with Crippen LogP contribution in [0.4, 0.5) is 11.4 Å². The minimum atomic E-state index is -1.45. The van der Waals surface area contributed by atoms with Crippen LogP contribution in [0.5, 0.6) is 0 Å². The molecule has 0 amide bonds. The number of anilines is 2. The maximum Gasteiger partial charge on any atom is 0.228 e. The van der Waals surface area contributed by atoms with Gasteiger partial charge in [0.05, 0.1) is 0 Å². The van der Waals surface area contributed by atoms with Crippen LogP contribution < -0.4 is 9.80 Å². The second-order valence-corrected chi connectivity index (χ2v) is 8.93. The molecule has 6 heteroatoms. The first-order valence-corrected chi connectivity index (χ1v) is 9.21. The maximum absolute atomic E-state index is 6.36. The Kier molecular flexibility index (Phi) is 5.13. The molecule has 0 radical (unpaired) electrons. The molecule has 0 saturated carbocycles. The van der Waals surface area contributed by atoms with Crippen molar-refractivity contribution in [2.75, 3.05) is 22.9 Å². The normalized spacial score (nSPS) is 18.3. The molecule has 2 nitrogen and oxygen atoms in total. The molecular weight excluding hydrogens is 386 g/mol. The smallest absolute Gasteiger partial charge is 0.228 e. The molecule has 1 heterocycles. The third-order valence-corrected chi connectivity index (χ3v) is 5.00. The first-order chi connectivity index (χ1) is 11.3. The van der Waals surface area contributed by atoms with Crippen LogP contribution in [0.2, 0.25) is 5.02 Å². The van der Waals surface area contributed by atoms with Crippen molar-refractivity contribution in [1.29, 1.82) is 0 Å². The van der Waals surface area contributed by atoms with E-state index in [1.165, 1.54) is 11.1 Å². The summed E-state index contributed by atoms with van der Waals surface area (Å²) < 4.78 is -1.45. The number of rotatable bonds is 2. The fourth-order valence-corrected chi connectivity index (χ4v) is 4.10. The molecule has 2 aromatic carbocycles. The van der Waals surface area contributed by atoms with E-state index in [2.05, 4.69) is 41.8 Å². The molecule has 1 saturated heterocycles. The van der Waals surface area contributed by atoms with Crippen LogP contribution in [-0.2, 0) is 0 Å². The van der Waals surface area contributed by atoms with Crippen LogP contribution in [0.3, 0.4) is 0 Å². The Morgan fingerprint density at radius 3 is 1.83 bits per heavy atom. The zero-order valence-corrected chi connectivity index (χ0v) is 16.5. The van der Waals surface area contributed by atoms with E-state index in [-0.39, 0.29) is 6.17 Å². The van der Waals surface area contributed by atoms with Crippen LogP contribution in [-0.4, -0.2) is 23.0 Å². The first-order valence-electron chi connectivity index (χ1n) is 7.69. The molecule has 1 fully saturated rings. The fraction of sp³-hybridized carbons (Fsp3) is 0.333. The van der Waals surface area contributed by atoms with Gasteiger partial charge >= 0.3 is 0 Å². The molecule has 0 bridgehead atoms. The van der Waals surface area contributed by atoms with Crippen molar-refractivity contribution in [2.24, 2.45) is 0 Å². The van der Waals surface area contributed by atoms with E-state index in [4.69, 9.17) is 46.4 Å². The third-order valence-electron chi connectivity index (χ3n) is 4.16. The summed E-state index contributed by atoms with van der Waals surface area (Å²) in [5.74, 6) is 0. The van der Waals surface area contributed by atoms with Gasteiger partial charge in [-0.05, 0) is 61.4 Å². The Morgan fingerprint density at radius 1 is 0.833 bits per heavy atom. The van der Waals surface area contributed by atoms with Gasteiger partial charge in [0.2, 0.25) is 3.79 Å². The van der Waals surface area contributed by atoms with E-state index >= 15 is 0 Å². The average molecular weight is 404 g/mol. The summed E-state index contributed by atoms with van der Waals surface area (Å²) in [6, 6.07) is 14.0. The van der Waals surface area contributed by atoms with E-state index in [1.54, 1.807) is 0 Å². The molecule has 0 aromatic heterocycles. The van der Waals surface area contributed by atoms with Crippen molar-refractivity contribution in [3.8, 4) is 0 Å². The Hall–Kier alpha value is -0.800. The maximum atomic E-state index is 6.36. The Labute approximate surface area is 162 Å². The minimum Gasteiger partial charge on any atom is -0.346 e. The Balaban J connectivity index is 2.00. The van der Waals surface area contributed by atoms with Crippen LogP contribution in [0.15, 0.2) is 42.5 Å². The van der Waals surface area contributed by atoms with Crippen molar-refractivity contribution >= 4 is 57.8 Å². The standard InChI is InChI=1S/C18H18Cl4N2/c1-12-9-13(2)11-16(10-12)24-8-7-23(17(24)18(20,21)22)15-5-3-14(19)4-6-15/h3-6,9-11,17H,7-8H2,1-2H3. The van der Waals surface area contributed by atoms with Crippen LogP contribution >= 0.6 is 46.4 Å². The lowest BCUT2D eigenvalue weighted by Crippen LogP contribution is -2.48.